The van der Waals surface area contributed by atoms with Crippen LogP contribution in [0.2, 0.25) is 0 Å². The van der Waals surface area contributed by atoms with Gasteiger partial charge in [-0.25, -0.2) is 15.2 Å². The fraction of sp³-hybridized carbons (Fsp3) is 0.400. The second-order valence-electron chi connectivity index (χ2n) is 6.05. The standard InChI is InChI=1S/C20H26N4O4/c1-3-5-12-27-18-14-16(15-21-24(18)17-10-8-7-9-11-17)22-19(25)20(26)23-28-13-6-4-2/h7-11,14-15H,3-6,12-13H2,1-2H3,(H,23,26). The summed E-state index contributed by atoms with van der Waals surface area (Å²) >= 11 is 0. The van der Waals surface area contributed by atoms with Crippen molar-refractivity contribution >= 4 is 11.8 Å². The molecule has 0 fully saturated rings. The highest BCUT2D eigenvalue weighted by molar-refractivity contribution is 6.35. The van der Waals surface area contributed by atoms with Crippen LogP contribution < -0.4 is 15.6 Å². The molecule has 1 N–H and O–H groups in total. The first-order valence-corrected chi connectivity index (χ1v) is 9.44. The highest BCUT2D eigenvalue weighted by Crippen LogP contribution is 2.14. The first-order valence-electron chi connectivity index (χ1n) is 9.44. The molecule has 0 unspecified atom stereocenters. The first kappa shape index (κ1) is 21.3. The lowest BCUT2D eigenvalue weighted by Crippen LogP contribution is -2.31. The number of ether oxygens (including phenoxy) is 1. The molecule has 1 aromatic heterocycles. The predicted octanol–water partition coefficient (Wildman–Crippen LogP) is 2.33. The lowest BCUT2D eigenvalue weighted by molar-refractivity contribution is -0.145. The van der Waals surface area contributed by atoms with Crippen molar-refractivity contribution in [2.75, 3.05) is 13.2 Å². The Hall–Kier alpha value is -3.00. The molecule has 2 amide bonds. The summed E-state index contributed by atoms with van der Waals surface area (Å²) in [5.41, 5.74) is 2.91. The van der Waals surface area contributed by atoms with Crippen molar-refractivity contribution in [2.45, 2.75) is 39.5 Å². The summed E-state index contributed by atoms with van der Waals surface area (Å²) in [6.45, 7) is 4.91. The van der Waals surface area contributed by atoms with Gasteiger partial charge in [-0.3, -0.25) is 14.4 Å². The molecule has 2 aromatic rings. The molecule has 0 aliphatic carbocycles. The summed E-state index contributed by atoms with van der Waals surface area (Å²) < 4.78 is 7.43. The third-order valence-electron chi connectivity index (χ3n) is 3.72. The highest BCUT2D eigenvalue weighted by atomic mass is 16.7. The van der Waals surface area contributed by atoms with E-state index in [4.69, 9.17) is 9.57 Å². The van der Waals surface area contributed by atoms with Gasteiger partial charge in [-0.15, -0.1) is 0 Å². The monoisotopic (exact) mass is 386 g/mol. The van der Waals surface area contributed by atoms with Gasteiger partial charge >= 0.3 is 11.8 Å². The Morgan fingerprint density at radius 2 is 1.82 bits per heavy atom. The lowest BCUT2D eigenvalue weighted by Gasteiger charge is -2.13. The summed E-state index contributed by atoms with van der Waals surface area (Å²) in [5.74, 6) is -1.45. The van der Waals surface area contributed by atoms with Crippen LogP contribution in [0.5, 0.6) is 5.88 Å². The molecule has 1 aromatic carbocycles. The fourth-order valence-corrected chi connectivity index (χ4v) is 2.19. The van der Waals surface area contributed by atoms with Crippen molar-refractivity contribution in [1.29, 1.82) is 0 Å². The minimum absolute atomic E-state index is 0.229. The van der Waals surface area contributed by atoms with Gasteiger partial charge in [-0.05, 0) is 25.0 Å². The Kier molecular flexibility index (Phi) is 8.87. The predicted molar refractivity (Wildman–Crippen MR) is 104 cm³/mol. The number of hydrogen-bond acceptors (Lipinski definition) is 5. The number of carbonyl (C=O) groups is 2. The summed E-state index contributed by atoms with van der Waals surface area (Å²) in [5, 5.41) is 4.54. The van der Waals surface area contributed by atoms with Gasteiger partial charge in [-0.1, -0.05) is 44.9 Å². The fourth-order valence-electron chi connectivity index (χ4n) is 2.19. The van der Waals surface area contributed by atoms with Gasteiger partial charge in [0, 0.05) is 6.07 Å². The number of carbonyl (C=O) groups excluding carboxylic acids is 2. The van der Waals surface area contributed by atoms with Crippen LogP contribution in [0.3, 0.4) is 0 Å². The normalized spacial score (nSPS) is 11.3. The van der Waals surface area contributed by atoms with Gasteiger partial charge in [0.25, 0.3) is 0 Å². The van der Waals surface area contributed by atoms with Crippen LogP contribution in [0.4, 0.5) is 0 Å². The Morgan fingerprint density at radius 1 is 1.11 bits per heavy atom. The number of hydrogen-bond donors (Lipinski definition) is 1. The number of para-hydroxylation sites is 1. The van der Waals surface area contributed by atoms with Gasteiger partial charge < -0.3 is 4.74 Å². The molecule has 8 heteroatoms. The van der Waals surface area contributed by atoms with Crippen LogP contribution in [0.25, 0.3) is 5.69 Å². The average Bonchev–Trinajstić information content (AvgIpc) is 2.72. The summed E-state index contributed by atoms with van der Waals surface area (Å²) in [4.78, 5) is 32.5. The largest absolute Gasteiger partial charge is 0.478 e. The van der Waals surface area contributed by atoms with Crippen LogP contribution in [0, 0.1) is 0 Å². The molecule has 150 valence electrons. The molecule has 2 rings (SSSR count). The Labute approximate surface area is 164 Å². The van der Waals surface area contributed by atoms with E-state index < -0.39 is 11.8 Å². The molecule has 0 atom stereocenters. The maximum atomic E-state index is 12.0. The lowest BCUT2D eigenvalue weighted by atomic mass is 10.3. The first-order chi connectivity index (χ1) is 13.7. The van der Waals surface area contributed by atoms with Crippen LogP contribution in [0.15, 0.2) is 47.6 Å². The topological polar surface area (TPSA) is 94.8 Å². The van der Waals surface area contributed by atoms with Crippen molar-refractivity contribution in [3.8, 4) is 11.6 Å². The van der Waals surface area contributed by atoms with Crippen LogP contribution >= 0.6 is 0 Å². The van der Waals surface area contributed by atoms with Gasteiger partial charge in [0.15, 0.2) is 0 Å². The number of nitrogens with zero attached hydrogens (tertiary/aromatic N) is 3. The molecule has 8 nitrogen and oxygen atoms in total. The number of hydroxylamine groups is 1. The Balaban J connectivity index is 2.20. The Morgan fingerprint density at radius 3 is 2.54 bits per heavy atom. The number of rotatable bonds is 9. The highest BCUT2D eigenvalue weighted by Gasteiger charge is 2.13. The quantitative estimate of drug-likeness (QED) is 0.405. The smallest absolute Gasteiger partial charge is 0.337 e. The van der Waals surface area contributed by atoms with E-state index in [0.29, 0.717) is 19.1 Å². The van der Waals surface area contributed by atoms with E-state index in [2.05, 4.69) is 22.5 Å². The van der Waals surface area contributed by atoms with Gasteiger partial charge in [-0.2, -0.15) is 5.10 Å². The molecule has 1 heterocycles. The molecular formula is C20H26N4O4. The summed E-state index contributed by atoms with van der Waals surface area (Å²) in [7, 11) is 0. The van der Waals surface area contributed by atoms with Crippen molar-refractivity contribution in [1.82, 2.24) is 15.3 Å². The molecule has 28 heavy (non-hydrogen) atoms. The molecule has 0 bridgehead atoms. The van der Waals surface area contributed by atoms with E-state index in [1.807, 2.05) is 37.3 Å². The number of benzene rings is 1. The summed E-state index contributed by atoms with van der Waals surface area (Å²) in [6, 6.07) is 11.1. The average molecular weight is 386 g/mol. The van der Waals surface area contributed by atoms with E-state index in [0.717, 1.165) is 31.4 Å². The number of unbranched alkanes of at least 4 members (excludes halogenated alkanes) is 2. The molecule has 0 aliphatic heterocycles. The maximum Gasteiger partial charge on any atom is 0.337 e. The molecule has 0 radical (unpaired) electrons. The second-order valence-corrected chi connectivity index (χ2v) is 6.05. The Bertz CT molecular complexity index is 834. The molecule has 0 spiro atoms. The van der Waals surface area contributed by atoms with Crippen LogP contribution in [-0.2, 0) is 14.4 Å². The van der Waals surface area contributed by atoms with E-state index >= 15 is 0 Å². The molecular weight excluding hydrogens is 360 g/mol. The third kappa shape index (κ3) is 6.62. The zero-order valence-electron chi connectivity index (χ0n) is 16.3. The molecule has 0 saturated heterocycles. The zero-order valence-corrected chi connectivity index (χ0v) is 16.3. The number of amides is 2. The number of nitrogens with one attached hydrogen (secondary N) is 1. The van der Waals surface area contributed by atoms with Gasteiger partial charge in [0.2, 0.25) is 5.88 Å². The van der Waals surface area contributed by atoms with Crippen LogP contribution in [-0.4, -0.2) is 34.8 Å². The maximum absolute atomic E-state index is 12.0. The van der Waals surface area contributed by atoms with E-state index in [1.165, 1.54) is 6.20 Å². The van der Waals surface area contributed by atoms with Crippen molar-refractivity contribution in [3.05, 3.63) is 48.0 Å². The van der Waals surface area contributed by atoms with Gasteiger partial charge in [0.1, 0.15) is 0 Å². The minimum Gasteiger partial charge on any atom is -0.478 e. The molecule has 0 saturated carbocycles. The third-order valence-corrected chi connectivity index (χ3v) is 3.72. The van der Waals surface area contributed by atoms with Gasteiger partial charge in [0.05, 0.1) is 30.5 Å². The van der Waals surface area contributed by atoms with E-state index in [1.54, 1.807) is 10.7 Å². The number of aromatic nitrogens is 2. The zero-order chi connectivity index (χ0) is 20.2. The minimum atomic E-state index is -0.963. The SMILES string of the molecule is CCCCONC(=O)C(=O)N=c1cnn(-c2ccccc2)c(OCCCC)c1. The molecule has 0 aliphatic rings. The second kappa shape index (κ2) is 11.7. The van der Waals surface area contributed by atoms with E-state index in [-0.39, 0.29) is 5.36 Å². The van der Waals surface area contributed by atoms with Crippen LogP contribution in [0.1, 0.15) is 39.5 Å². The van der Waals surface area contributed by atoms with Crippen molar-refractivity contribution < 1.29 is 19.2 Å². The van der Waals surface area contributed by atoms with E-state index in [9.17, 15) is 9.59 Å². The summed E-state index contributed by atoms with van der Waals surface area (Å²) in [6.07, 6.45) is 4.98. The van der Waals surface area contributed by atoms with Crippen molar-refractivity contribution in [3.63, 3.8) is 0 Å². The van der Waals surface area contributed by atoms with Crippen molar-refractivity contribution in [2.24, 2.45) is 4.99 Å².